The minimum atomic E-state index is 0.490. The first-order valence-corrected chi connectivity index (χ1v) is 8.99. The molecule has 3 unspecified atom stereocenters. The molecule has 0 bridgehead atoms. The Labute approximate surface area is 117 Å². The summed E-state index contributed by atoms with van der Waals surface area (Å²) in [7, 11) is 0. The van der Waals surface area contributed by atoms with Crippen LogP contribution in [0.2, 0.25) is 0 Å². The lowest BCUT2D eigenvalue weighted by Crippen LogP contribution is -2.64. The van der Waals surface area contributed by atoms with Crippen molar-refractivity contribution in [2.24, 2.45) is 5.41 Å². The molecule has 0 heterocycles. The summed E-state index contributed by atoms with van der Waals surface area (Å²) >= 11 is 1.95. The van der Waals surface area contributed by atoms with Crippen LogP contribution in [0, 0.1) is 5.41 Å². The fourth-order valence-corrected chi connectivity index (χ4v) is 4.43. The van der Waals surface area contributed by atoms with Crippen molar-refractivity contribution in [2.45, 2.75) is 70.6 Å². The maximum Gasteiger partial charge on any atom is 0.0661 e. The van der Waals surface area contributed by atoms with Crippen LogP contribution in [0.1, 0.15) is 52.4 Å². The predicted molar refractivity (Wildman–Crippen MR) is 80.3 cm³/mol. The van der Waals surface area contributed by atoms with Gasteiger partial charge >= 0.3 is 0 Å². The topological polar surface area (TPSA) is 21.3 Å². The number of hydrogen-bond donors (Lipinski definition) is 1. The number of hydrogen-bond acceptors (Lipinski definition) is 3. The first-order valence-electron chi connectivity index (χ1n) is 7.59. The van der Waals surface area contributed by atoms with E-state index in [4.69, 9.17) is 4.74 Å². The summed E-state index contributed by atoms with van der Waals surface area (Å²) < 4.78 is 5.96. The highest BCUT2D eigenvalue weighted by molar-refractivity contribution is 7.98. The SMILES string of the molecule is CCOC1CC(NC(C)CCSC)C12CCCC2. The molecule has 0 aromatic heterocycles. The largest absolute Gasteiger partial charge is 0.378 e. The summed E-state index contributed by atoms with van der Waals surface area (Å²) in [4.78, 5) is 0. The lowest BCUT2D eigenvalue weighted by Gasteiger charge is -2.55. The first kappa shape index (κ1) is 14.7. The van der Waals surface area contributed by atoms with E-state index in [1.54, 1.807) is 0 Å². The van der Waals surface area contributed by atoms with Crippen molar-refractivity contribution in [3.8, 4) is 0 Å². The standard InChI is InChI=1S/C15H29NOS/c1-4-17-14-11-13(15(14)8-5-6-9-15)16-12(2)7-10-18-3/h12-14,16H,4-11H2,1-3H3. The van der Waals surface area contributed by atoms with Crippen LogP contribution in [-0.4, -0.2) is 36.8 Å². The van der Waals surface area contributed by atoms with Crippen LogP contribution in [0.15, 0.2) is 0 Å². The van der Waals surface area contributed by atoms with Gasteiger partial charge in [-0.15, -0.1) is 0 Å². The van der Waals surface area contributed by atoms with E-state index in [-0.39, 0.29) is 0 Å². The number of nitrogens with one attached hydrogen (secondary N) is 1. The molecule has 106 valence electrons. The maximum atomic E-state index is 5.96. The first-order chi connectivity index (χ1) is 8.73. The normalized spacial score (nSPS) is 31.5. The molecule has 2 fully saturated rings. The van der Waals surface area contributed by atoms with Gasteiger partial charge in [-0.2, -0.15) is 11.8 Å². The number of ether oxygens (including phenoxy) is 1. The second-order valence-corrected chi connectivity index (χ2v) is 7.01. The molecule has 1 N–H and O–H groups in total. The van der Waals surface area contributed by atoms with Crippen LogP contribution in [0.5, 0.6) is 0 Å². The van der Waals surface area contributed by atoms with Crippen LogP contribution in [-0.2, 0) is 4.74 Å². The Hall–Kier alpha value is 0.270. The molecule has 2 nitrogen and oxygen atoms in total. The Morgan fingerprint density at radius 2 is 2.11 bits per heavy atom. The van der Waals surface area contributed by atoms with Crippen molar-refractivity contribution in [3.05, 3.63) is 0 Å². The zero-order valence-corrected chi connectivity index (χ0v) is 13.0. The van der Waals surface area contributed by atoms with E-state index in [2.05, 4.69) is 25.4 Å². The zero-order valence-electron chi connectivity index (χ0n) is 12.2. The highest BCUT2D eigenvalue weighted by Crippen LogP contribution is 2.54. The lowest BCUT2D eigenvalue weighted by molar-refractivity contribution is -0.132. The smallest absolute Gasteiger partial charge is 0.0661 e. The van der Waals surface area contributed by atoms with Gasteiger partial charge in [-0.1, -0.05) is 12.8 Å². The highest BCUT2D eigenvalue weighted by atomic mass is 32.2. The molecule has 1 spiro atoms. The van der Waals surface area contributed by atoms with Gasteiger partial charge < -0.3 is 10.1 Å². The number of rotatable bonds is 7. The molecule has 0 aromatic rings. The van der Waals surface area contributed by atoms with Crippen molar-refractivity contribution < 1.29 is 4.74 Å². The highest BCUT2D eigenvalue weighted by Gasteiger charge is 2.56. The zero-order chi connectivity index (χ0) is 13.0. The van der Waals surface area contributed by atoms with Gasteiger partial charge in [0.2, 0.25) is 0 Å². The van der Waals surface area contributed by atoms with E-state index in [0.717, 1.165) is 6.61 Å². The van der Waals surface area contributed by atoms with E-state index in [0.29, 0.717) is 23.6 Å². The van der Waals surface area contributed by atoms with Crippen molar-refractivity contribution in [1.29, 1.82) is 0 Å². The lowest BCUT2D eigenvalue weighted by atomic mass is 9.60. The Bertz CT molecular complexity index is 253. The molecule has 0 amide bonds. The summed E-state index contributed by atoms with van der Waals surface area (Å²) in [6.45, 7) is 5.35. The van der Waals surface area contributed by atoms with E-state index >= 15 is 0 Å². The average Bonchev–Trinajstić information content (AvgIpc) is 2.87. The molecule has 3 heteroatoms. The molecule has 18 heavy (non-hydrogen) atoms. The van der Waals surface area contributed by atoms with E-state index in [9.17, 15) is 0 Å². The Morgan fingerprint density at radius 1 is 1.39 bits per heavy atom. The van der Waals surface area contributed by atoms with Crippen molar-refractivity contribution >= 4 is 11.8 Å². The van der Waals surface area contributed by atoms with E-state index < -0.39 is 0 Å². The minimum absolute atomic E-state index is 0.490. The average molecular weight is 271 g/mol. The molecule has 0 aromatic carbocycles. The second-order valence-electron chi connectivity index (χ2n) is 6.02. The second kappa shape index (κ2) is 6.62. The van der Waals surface area contributed by atoms with Gasteiger partial charge in [0, 0.05) is 24.1 Å². The van der Waals surface area contributed by atoms with Gasteiger partial charge in [0.25, 0.3) is 0 Å². The molecule has 0 saturated heterocycles. The fraction of sp³-hybridized carbons (Fsp3) is 1.00. The fourth-order valence-electron chi connectivity index (χ4n) is 3.84. The van der Waals surface area contributed by atoms with Crippen LogP contribution in [0.3, 0.4) is 0 Å². The maximum absolute atomic E-state index is 5.96. The Kier molecular flexibility index (Phi) is 5.40. The van der Waals surface area contributed by atoms with Gasteiger partial charge in [-0.05, 0) is 51.5 Å². The monoisotopic (exact) mass is 271 g/mol. The molecule has 2 aliphatic rings. The molecule has 0 radical (unpaired) electrons. The summed E-state index contributed by atoms with van der Waals surface area (Å²) in [5.74, 6) is 1.27. The molecule has 3 atom stereocenters. The molecular weight excluding hydrogens is 242 g/mol. The molecule has 2 rings (SSSR count). The van der Waals surface area contributed by atoms with E-state index in [1.165, 1.54) is 44.3 Å². The molecule has 2 saturated carbocycles. The molecule has 2 aliphatic carbocycles. The molecular formula is C15H29NOS. The van der Waals surface area contributed by atoms with E-state index in [1.807, 2.05) is 11.8 Å². The van der Waals surface area contributed by atoms with Crippen molar-refractivity contribution in [3.63, 3.8) is 0 Å². The van der Waals surface area contributed by atoms with Gasteiger partial charge in [-0.3, -0.25) is 0 Å². The van der Waals surface area contributed by atoms with Crippen LogP contribution >= 0.6 is 11.8 Å². The summed E-state index contributed by atoms with van der Waals surface area (Å²) in [5, 5.41) is 3.88. The summed E-state index contributed by atoms with van der Waals surface area (Å²) in [5.41, 5.74) is 0.490. The van der Waals surface area contributed by atoms with Crippen molar-refractivity contribution in [1.82, 2.24) is 5.32 Å². The van der Waals surface area contributed by atoms with Gasteiger partial charge in [0.1, 0.15) is 0 Å². The van der Waals surface area contributed by atoms with Gasteiger partial charge in [-0.25, -0.2) is 0 Å². The summed E-state index contributed by atoms with van der Waals surface area (Å²) in [6, 6.07) is 1.37. The third kappa shape index (κ3) is 2.88. The quantitative estimate of drug-likeness (QED) is 0.766. The van der Waals surface area contributed by atoms with Crippen LogP contribution < -0.4 is 5.32 Å². The Morgan fingerprint density at radius 3 is 2.72 bits per heavy atom. The molecule has 0 aliphatic heterocycles. The van der Waals surface area contributed by atoms with Crippen molar-refractivity contribution in [2.75, 3.05) is 18.6 Å². The third-order valence-electron chi connectivity index (χ3n) is 4.93. The Balaban J connectivity index is 1.85. The van der Waals surface area contributed by atoms with Gasteiger partial charge in [0.05, 0.1) is 6.10 Å². The van der Waals surface area contributed by atoms with Crippen LogP contribution in [0.25, 0.3) is 0 Å². The predicted octanol–water partition coefficient (Wildman–Crippen LogP) is 3.46. The minimum Gasteiger partial charge on any atom is -0.378 e. The summed E-state index contributed by atoms with van der Waals surface area (Å²) in [6.07, 6.45) is 10.8. The van der Waals surface area contributed by atoms with Gasteiger partial charge in [0.15, 0.2) is 0 Å². The number of thioether (sulfide) groups is 1. The third-order valence-corrected chi connectivity index (χ3v) is 5.57. The van der Waals surface area contributed by atoms with Crippen LogP contribution in [0.4, 0.5) is 0 Å².